The summed E-state index contributed by atoms with van der Waals surface area (Å²) in [6, 6.07) is 0. The summed E-state index contributed by atoms with van der Waals surface area (Å²) in [5, 5.41) is 17.1. The second-order valence-electron chi connectivity index (χ2n) is 3.95. The fourth-order valence-electron chi connectivity index (χ4n) is 1.52. The quantitative estimate of drug-likeness (QED) is 0.523. The van der Waals surface area contributed by atoms with Crippen LogP contribution in [0.3, 0.4) is 0 Å². The lowest BCUT2D eigenvalue weighted by molar-refractivity contribution is -0.133. The molecule has 0 aliphatic rings. The third-order valence-electron chi connectivity index (χ3n) is 2.28. The molecule has 0 saturated heterocycles. The van der Waals surface area contributed by atoms with Crippen molar-refractivity contribution < 1.29 is 23.4 Å². The lowest BCUT2D eigenvalue weighted by Gasteiger charge is -2.08. The van der Waals surface area contributed by atoms with Crippen LogP contribution in [-0.4, -0.2) is 51.2 Å². The molecule has 0 fully saturated rings. The van der Waals surface area contributed by atoms with Crippen LogP contribution in [0.25, 0.3) is 0 Å². The van der Waals surface area contributed by atoms with Gasteiger partial charge in [-0.2, -0.15) is 0 Å². The highest BCUT2D eigenvalue weighted by atomic mass is 32.2. The Hall–Kier alpha value is -1.22. The number of hydrogen-bond donors (Lipinski definition) is 1. The molecule has 6 nitrogen and oxygen atoms in total. The third kappa shape index (κ3) is 5.83. The van der Waals surface area contributed by atoms with Crippen LogP contribution in [0.2, 0.25) is 0 Å². The molecule has 0 aromatic carbocycles. The van der Waals surface area contributed by atoms with Crippen molar-refractivity contribution in [2.75, 3.05) is 19.0 Å². The van der Waals surface area contributed by atoms with Gasteiger partial charge in [0.2, 0.25) is 0 Å². The minimum absolute atomic E-state index is 0.0935. The summed E-state index contributed by atoms with van der Waals surface area (Å²) in [6.45, 7) is 2.17. The van der Waals surface area contributed by atoms with Gasteiger partial charge in [-0.05, 0) is 6.42 Å². The largest absolute Gasteiger partial charge is 0.481 e. The van der Waals surface area contributed by atoms with Crippen LogP contribution in [0, 0.1) is 0 Å². The average molecular weight is 309 g/mol. The van der Waals surface area contributed by atoms with Crippen LogP contribution in [0.5, 0.6) is 0 Å². The summed E-state index contributed by atoms with van der Waals surface area (Å²) in [7, 11) is 0. The molecular formula is C11H17F2N3O3S. The maximum Gasteiger partial charge on any atom is 0.313 e. The van der Waals surface area contributed by atoms with E-state index >= 15 is 0 Å². The van der Waals surface area contributed by atoms with Crippen molar-refractivity contribution in [2.24, 2.45) is 0 Å². The Morgan fingerprint density at radius 2 is 2.25 bits per heavy atom. The number of alkyl halides is 2. The van der Waals surface area contributed by atoms with Crippen molar-refractivity contribution in [1.82, 2.24) is 14.8 Å². The number of hydrogen-bond acceptors (Lipinski definition) is 5. The van der Waals surface area contributed by atoms with Crippen molar-refractivity contribution in [2.45, 2.75) is 37.9 Å². The molecule has 0 bridgehead atoms. The number of aliphatic carboxylic acids is 1. The predicted octanol–water partition coefficient (Wildman–Crippen LogP) is 1.69. The number of carbonyl (C=O) groups is 1. The van der Waals surface area contributed by atoms with Gasteiger partial charge in [-0.1, -0.05) is 18.7 Å². The highest BCUT2D eigenvalue weighted by Gasteiger charge is 2.13. The molecule has 1 heterocycles. The lowest BCUT2D eigenvalue weighted by atomic mass is 10.4. The van der Waals surface area contributed by atoms with Gasteiger partial charge in [0.25, 0.3) is 6.43 Å². The first-order valence-electron chi connectivity index (χ1n) is 6.17. The second kappa shape index (κ2) is 8.85. The smallest absolute Gasteiger partial charge is 0.313 e. The van der Waals surface area contributed by atoms with E-state index in [2.05, 4.69) is 10.2 Å². The third-order valence-corrected chi connectivity index (χ3v) is 3.23. The molecule has 114 valence electrons. The minimum Gasteiger partial charge on any atom is -0.481 e. The zero-order valence-electron chi connectivity index (χ0n) is 11.1. The van der Waals surface area contributed by atoms with Crippen molar-refractivity contribution >= 4 is 17.7 Å². The Kier molecular flexibility index (Phi) is 7.45. The van der Waals surface area contributed by atoms with Crippen molar-refractivity contribution in [1.29, 1.82) is 0 Å². The number of aromatic nitrogens is 3. The van der Waals surface area contributed by atoms with E-state index < -0.39 is 19.0 Å². The number of thioether (sulfide) groups is 1. The van der Waals surface area contributed by atoms with Gasteiger partial charge in [-0.15, -0.1) is 10.2 Å². The Bertz CT molecular complexity index is 429. The number of nitrogens with zero attached hydrogens (tertiary/aromatic N) is 3. The maximum absolute atomic E-state index is 11.9. The zero-order chi connectivity index (χ0) is 15.0. The molecule has 1 rings (SSSR count). The van der Waals surface area contributed by atoms with Crippen molar-refractivity contribution in [3.8, 4) is 0 Å². The fourth-order valence-corrected chi connectivity index (χ4v) is 2.22. The first-order chi connectivity index (χ1) is 9.54. The molecule has 9 heteroatoms. The highest BCUT2D eigenvalue weighted by molar-refractivity contribution is 7.99. The fraction of sp³-hybridized carbons (Fsp3) is 0.727. The SMILES string of the molecule is CCCn1c(CCOCC(F)F)nnc1SCC(=O)O. The standard InChI is InChI=1S/C11H17F2N3O3S/c1-2-4-16-9(3-5-19-6-8(12)13)14-15-11(16)20-7-10(17)18/h8H,2-7H2,1H3,(H,17,18). The van der Waals surface area contributed by atoms with E-state index in [1.54, 1.807) is 4.57 Å². The maximum atomic E-state index is 11.9. The van der Waals surface area contributed by atoms with Crippen LogP contribution in [0.15, 0.2) is 5.16 Å². The average Bonchev–Trinajstić information content (AvgIpc) is 2.75. The van der Waals surface area contributed by atoms with Gasteiger partial charge < -0.3 is 14.4 Å². The lowest BCUT2D eigenvalue weighted by Crippen LogP contribution is -2.11. The van der Waals surface area contributed by atoms with Gasteiger partial charge in [0.1, 0.15) is 12.4 Å². The minimum atomic E-state index is -2.48. The van der Waals surface area contributed by atoms with Crippen LogP contribution in [0.4, 0.5) is 8.78 Å². The molecular weight excluding hydrogens is 292 g/mol. The summed E-state index contributed by atoms with van der Waals surface area (Å²) < 4.78 is 30.5. The first kappa shape index (κ1) is 16.8. The van der Waals surface area contributed by atoms with E-state index in [0.717, 1.165) is 18.2 Å². The second-order valence-corrected chi connectivity index (χ2v) is 4.89. The van der Waals surface area contributed by atoms with E-state index in [9.17, 15) is 13.6 Å². The molecule has 0 spiro atoms. The van der Waals surface area contributed by atoms with Crippen LogP contribution in [0.1, 0.15) is 19.2 Å². The summed E-state index contributed by atoms with van der Waals surface area (Å²) in [4.78, 5) is 10.6. The Balaban J connectivity index is 2.58. The van der Waals surface area contributed by atoms with Gasteiger partial charge in [-0.3, -0.25) is 4.79 Å². The van der Waals surface area contributed by atoms with Crippen molar-refractivity contribution in [3.05, 3.63) is 5.82 Å². The molecule has 0 saturated carbocycles. The number of halogens is 2. The monoisotopic (exact) mass is 309 g/mol. The Morgan fingerprint density at radius 1 is 1.50 bits per heavy atom. The van der Waals surface area contributed by atoms with E-state index in [1.807, 2.05) is 6.92 Å². The van der Waals surface area contributed by atoms with E-state index in [4.69, 9.17) is 9.84 Å². The van der Waals surface area contributed by atoms with E-state index in [1.165, 1.54) is 0 Å². The normalized spacial score (nSPS) is 11.2. The van der Waals surface area contributed by atoms with E-state index in [0.29, 0.717) is 23.9 Å². The van der Waals surface area contributed by atoms with Gasteiger partial charge in [0.15, 0.2) is 5.16 Å². The first-order valence-corrected chi connectivity index (χ1v) is 7.15. The summed E-state index contributed by atoms with van der Waals surface area (Å²) in [5.74, 6) is -0.402. The topological polar surface area (TPSA) is 77.2 Å². The van der Waals surface area contributed by atoms with Gasteiger partial charge in [0, 0.05) is 13.0 Å². The molecule has 0 unspecified atom stereocenters. The van der Waals surface area contributed by atoms with Crippen LogP contribution >= 0.6 is 11.8 Å². The molecule has 20 heavy (non-hydrogen) atoms. The predicted molar refractivity (Wildman–Crippen MR) is 69.2 cm³/mol. The molecule has 1 aromatic rings. The Labute approximate surface area is 119 Å². The van der Waals surface area contributed by atoms with Gasteiger partial charge >= 0.3 is 5.97 Å². The number of ether oxygens (including phenoxy) is 1. The summed E-state index contributed by atoms with van der Waals surface area (Å²) in [5.41, 5.74) is 0. The van der Waals surface area contributed by atoms with Crippen molar-refractivity contribution in [3.63, 3.8) is 0 Å². The van der Waals surface area contributed by atoms with Gasteiger partial charge in [-0.25, -0.2) is 8.78 Å². The molecule has 1 N–H and O–H groups in total. The number of carboxylic acid groups (broad SMARTS) is 1. The highest BCUT2D eigenvalue weighted by Crippen LogP contribution is 2.17. The van der Waals surface area contributed by atoms with Crippen LogP contribution in [-0.2, 0) is 22.5 Å². The molecule has 0 amide bonds. The molecule has 1 aromatic heterocycles. The number of carboxylic acids is 1. The molecule has 0 radical (unpaired) electrons. The van der Waals surface area contributed by atoms with E-state index in [-0.39, 0.29) is 12.4 Å². The van der Waals surface area contributed by atoms with Crippen LogP contribution < -0.4 is 0 Å². The zero-order valence-corrected chi connectivity index (χ0v) is 11.9. The summed E-state index contributed by atoms with van der Waals surface area (Å²) >= 11 is 1.09. The number of rotatable bonds is 10. The molecule has 0 aliphatic heterocycles. The summed E-state index contributed by atoms with van der Waals surface area (Å²) in [6.07, 6.45) is -1.28. The Morgan fingerprint density at radius 3 is 2.85 bits per heavy atom. The molecule has 0 aliphatic carbocycles. The molecule has 0 atom stereocenters. The van der Waals surface area contributed by atoms with Gasteiger partial charge in [0.05, 0.1) is 12.4 Å².